The first-order valence-electron chi connectivity index (χ1n) is 5.02. The van der Waals surface area contributed by atoms with Gasteiger partial charge in [0.2, 0.25) is 0 Å². The van der Waals surface area contributed by atoms with E-state index >= 15 is 0 Å². The van der Waals surface area contributed by atoms with E-state index in [1.165, 1.54) is 0 Å². The molecular weight excluding hydrogens is 188 g/mol. The Bertz CT molecular complexity index is 360. The molecule has 0 atom stereocenters. The highest BCUT2D eigenvalue weighted by Crippen LogP contribution is 2.17. The smallest absolute Gasteiger partial charge is 0.163 e. The van der Waals surface area contributed by atoms with Crippen molar-refractivity contribution in [2.45, 2.75) is 13.8 Å². The minimum absolute atomic E-state index is 0.0422. The normalized spacial score (nSPS) is 9.73. The van der Waals surface area contributed by atoms with Crippen LogP contribution in [-0.4, -0.2) is 23.9 Å². The van der Waals surface area contributed by atoms with E-state index in [2.05, 4.69) is 11.6 Å². The second kappa shape index (κ2) is 5.29. The van der Waals surface area contributed by atoms with Gasteiger partial charge in [0.25, 0.3) is 0 Å². The quantitative estimate of drug-likeness (QED) is 0.545. The average Bonchev–Trinajstić information content (AvgIpc) is 2.26. The summed E-state index contributed by atoms with van der Waals surface area (Å²) in [6.45, 7) is 8.79. The van der Waals surface area contributed by atoms with Gasteiger partial charge in [-0.05, 0) is 26.0 Å². The van der Waals surface area contributed by atoms with Crippen molar-refractivity contribution in [2.75, 3.05) is 18.0 Å². The molecule has 0 spiro atoms. The summed E-state index contributed by atoms with van der Waals surface area (Å²) in [5.41, 5.74) is 0.668. The van der Waals surface area contributed by atoms with Crippen LogP contribution in [0.15, 0.2) is 31.0 Å². The fraction of sp³-hybridized carbons (Fsp3) is 0.333. The second-order valence-corrected chi connectivity index (χ2v) is 3.26. The van der Waals surface area contributed by atoms with Gasteiger partial charge in [0.1, 0.15) is 5.82 Å². The Labute approximate surface area is 90.4 Å². The van der Waals surface area contributed by atoms with Crippen molar-refractivity contribution in [1.29, 1.82) is 0 Å². The van der Waals surface area contributed by atoms with E-state index in [0.717, 1.165) is 12.4 Å². The molecule has 0 aromatic carbocycles. The zero-order valence-corrected chi connectivity index (χ0v) is 9.23. The van der Waals surface area contributed by atoms with Crippen LogP contribution in [0.2, 0.25) is 0 Å². The lowest BCUT2D eigenvalue weighted by Crippen LogP contribution is -2.25. The van der Waals surface area contributed by atoms with E-state index in [9.17, 15) is 4.79 Å². The van der Waals surface area contributed by atoms with Crippen molar-refractivity contribution < 1.29 is 4.79 Å². The molecule has 1 aromatic heterocycles. The van der Waals surface area contributed by atoms with Crippen LogP contribution in [-0.2, 0) is 0 Å². The van der Waals surface area contributed by atoms with Crippen LogP contribution in [0, 0.1) is 0 Å². The summed E-state index contributed by atoms with van der Waals surface area (Å²) in [5.74, 6) is 0.785. The standard InChI is InChI=1S/C12H16N2O/c1-4-9-14(5-2)12-11(10(3)15)7-6-8-13-12/h4,6-8H,1,5,9H2,2-3H3. The van der Waals surface area contributed by atoms with Gasteiger partial charge in [-0.15, -0.1) is 6.58 Å². The van der Waals surface area contributed by atoms with Crippen molar-refractivity contribution in [3.8, 4) is 0 Å². The number of pyridine rings is 1. The van der Waals surface area contributed by atoms with Crippen molar-refractivity contribution >= 4 is 11.6 Å². The molecule has 0 unspecified atom stereocenters. The van der Waals surface area contributed by atoms with Gasteiger partial charge < -0.3 is 4.90 Å². The molecule has 0 bridgehead atoms. The first kappa shape index (κ1) is 11.4. The summed E-state index contributed by atoms with van der Waals surface area (Å²) in [6.07, 6.45) is 3.51. The summed E-state index contributed by atoms with van der Waals surface area (Å²) in [4.78, 5) is 17.7. The van der Waals surface area contributed by atoms with Crippen molar-refractivity contribution in [3.05, 3.63) is 36.5 Å². The minimum atomic E-state index is 0.0422. The van der Waals surface area contributed by atoms with E-state index in [1.54, 1.807) is 25.3 Å². The summed E-state index contributed by atoms with van der Waals surface area (Å²) in [7, 11) is 0. The average molecular weight is 204 g/mol. The third kappa shape index (κ3) is 2.65. The lowest BCUT2D eigenvalue weighted by Gasteiger charge is -2.21. The Balaban J connectivity index is 3.09. The molecule has 0 aliphatic carbocycles. The molecule has 0 radical (unpaired) electrons. The Morgan fingerprint density at radius 3 is 2.93 bits per heavy atom. The second-order valence-electron chi connectivity index (χ2n) is 3.26. The Kier molecular flexibility index (Phi) is 4.03. The lowest BCUT2D eigenvalue weighted by molar-refractivity contribution is 0.101. The first-order valence-corrected chi connectivity index (χ1v) is 5.02. The van der Waals surface area contributed by atoms with Crippen LogP contribution in [0.3, 0.4) is 0 Å². The van der Waals surface area contributed by atoms with Crippen LogP contribution in [0.4, 0.5) is 5.82 Å². The molecule has 1 aromatic rings. The van der Waals surface area contributed by atoms with Crippen LogP contribution < -0.4 is 4.90 Å². The fourth-order valence-electron chi connectivity index (χ4n) is 1.44. The van der Waals surface area contributed by atoms with Crippen molar-refractivity contribution in [3.63, 3.8) is 0 Å². The van der Waals surface area contributed by atoms with Gasteiger partial charge in [-0.3, -0.25) is 4.79 Å². The topological polar surface area (TPSA) is 33.2 Å². The van der Waals surface area contributed by atoms with Gasteiger partial charge in [0.05, 0.1) is 5.56 Å². The number of hydrogen-bond acceptors (Lipinski definition) is 3. The van der Waals surface area contributed by atoms with Gasteiger partial charge in [-0.25, -0.2) is 4.98 Å². The SMILES string of the molecule is C=CCN(CC)c1ncccc1C(C)=O. The number of ketones is 1. The number of anilines is 1. The highest BCUT2D eigenvalue weighted by atomic mass is 16.1. The zero-order valence-electron chi connectivity index (χ0n) is 9.23. The van der Waals surface area contributed by atoms with Gasteiger partial charge in [0.15, 0.2) is 5.78 Å². The summed E-state index contributed by atoms with van der Waals surface area (Å²) < 4.78 is 0. The fourth-order valence-corrected chi connectivity index (χ4v) is 1.44. The monoisotopic (exact) mass is 204 g/mol. The maximum Gasteiger partial charge on any atom is 0.163 e. The number of nitrogens with zero attached hydrogens (tertiary/aromatic N) is 2. The predicted octanol–water partition coefficient (Wildman–Crippen LogP) is 2.30. The number of carbonyl (C=O) groups excluding carboxylic acids is 1. The highest BCUT2D eigenvalue weighted by Gasteiger charge is 2.12. The van der Waals surface area contributed by atoms with E-state index in [0.29, 0.717) is 12.1 Å². The highest BCUT2D eigenvalue weighted by molar-refractivity contribution is 5.98. The van der Waals surface area contributed by atoms with Gasteiger partial charge >= 0.3 is 0 Å². The summed E-state index contributed by atoms with van der Waals surface area (Å²) in [6, 6.07) is 3.58. The molecule has 1 rings (SSSR count). The number of rotatable bonds is 5. The molecule has 1 heterocycles. The lowest BCUT2D eigenvalue weighted by atomic mass is 10.2. The molecule has 0 amide bonds. The molecule has 3 nitrogen and oxygen atoms in total. The van der Waals surface area contributed by atoms with Gasteiger partial charge in [-0.1, -0.05) is 6.08 Å². The summed E-state index contributed by atoms with van der Waals surface area (Å²) >= 11 is 0. The largest absolute Gasteiger partial charge is 0.353 e. The maximum absolute atomic E-state index is 11.4. The minimum Gasteiger partial charge on any atom is -0.353 e. The molecule has 0 aliphatic rings. The molecule has 0 fully saturated rings. The zero-order chi connectivity index (χ0) is 11.3. The van der Waals surface area contributed by atoms with E-state index in [4.69, 9.17) is 0 Å². The van der Waals surface area contributed by atoms with E-state index in [-0.39, 0.29) is 5.78 Å². The number of carbonyl (C=O) groups is 1. The molecule has 3 heteroatoms. The number of hydrogen-bond donors (Lipinski definition) is 0. The molecule has 0 N–H and O–H groups in total. The number of Topliss-reactive ketones (excluding diaryl/α,β-unsaturated/α-hetero) is 1. The molecule has 15 heavy (non-hydrogen) atoms. The van der Waals surface area contributed by atoms with Crippen LogP contribution in [0.25, 0.3) is 0 Å². The Morgan fingerprint density at radius 1 is 1.67 bits per heavy atom. The van der Waals surface area contributed by atoms with Gasteiger partial charge in [-0.2, -0.15) is 0 Å². The third-order valence-electron chi connectivity index (χ3n) is 2.20. The predicted molar refractivity (Wildman–Crippen MR) is 62.3 cm³/mol. The maximum atomic E-state index is 11.4. The summed E-state index contributed by atoms with van der Waals surface area (Å²) in [5, 5.41) is 0. The molecule has 0 saturated heterocycles. The Hall–Kier alpha value is -1.64. The molecular formula is C12H16N2O. The van der Waals surface area contributed by atoms with Crippen molar-refractivity contribution in [1.82, 2.24) is 4.98 Å². The molecule has 80 valence electrons. The van der Waals surface area contributed by atoms with Crippen LogP contribution in [0.5, 0.6) is 0 Å². The first-order chi connectivity index (χ1) is 7.20. The molecule has 0 saturated carbocycles. The van der Waals surface area contributed by atoms with Crippen molar-refractivity contribution in [2.24, 2.45) is 0 Å². The Morgan fingerprint density at radius 2 is 2.40 bits per heavy atom. The number of likely N-dealkylation sites (N-methyl/N-ethyl adjacent to an activating group) is 1. The van der Waals surface area contributed by atoms with Gasteiger partial charge in [0, 0.05) is 19.3 Å². The number of aromatic nitrogens is 1. The van der Waals surface area contributed by atoms with Crippen LogP contribution in [0.1, 0.15) is 24.2 Å². The van der Waals surface area contributed by atoms with Crippen LogP contribution >= 0.6 is 0 Å². The third-order valence-corrected chi connectivity index (χ3v) is 2.20. The van der Waals surface area contributed by atoms with E-state index < -0.39 is 0 Å². The van der Waals surface area contributed by atoms with E-state index in [1.807, 2.05) is 17.9 Å². The molecule has 0 aliphatic heterocycles.